The molecule has 0 saturated carbocycles. The van der Waals surface area contributed by atoms with Gasteiger partial charge < -0.3 is 9.80 Å². The summed E-state index contributed by atoms with van der Waals surface area (Å²) >= 11 is 0. The maximum absolute atomic E-state index is 2.43. The lowest BCUT2D eigenvalue weighted by Crippen LogP contribution is -2.42. The number of rotatable bonds is 4. The first-order valence-electron chi connectivity index (χ1n) is 6.46. The van der Waals surface area contributed by atoms with Crippen LogP contribution in [0.1, 0.15) is 26.3 Å². The van der Waals surface area contributed by atoms with Gasteiger partial charge in [0.1, 0.15) is 6.17 Å². The van der Waals surface area contributed by atoms with E-state index in [1.54, 1.807) is 0 Å². The molecule has 1 aliphatic heterocycles. The third-order valence-corrected chi connectivity index (χ3v) is 3.30. The zero-order valence-electron chi connectivity index (χ0n) is 11.0. The van der Waals surface area contributed by atoms with Gasteiger partial charge in [0.05, 0.1) is 0 Å². The summed E-state index contributed by atoms with van der Waals surface area (Å²) in [5, 5.41) is 0. The molecule has 0 saturated heterocycles. The largest absolute Gasteiger partial charge is 0.356 e. The van der Waals surface area contributed by atoms with Gasteiger partial charge in [0.15, 0.2) is 0 Å². The number of hydrogen-bond acceptors (Lipinski definition) is 2. The maximum Gasteiger partial charge on any atom is 0.103 e. The molecular formula is C15H22N2. The van der Waals surface area contributed by atoms with Crippen LogP contribution in [0.4, 0.5) is 0 Å². The fourth-order valence-electron chi connectivity index (χ4n) is 2.54. The molecule has 1 aromatic carbocycles. The van der Waals surface area contributed by atoms with Crippen LogP contribution < -0.4 is 0 Å². The summed E-state index contributed by atoms with van der Waals surface area (Å²) in [6.07, 6.45) is 4.94. The van der Waals surface area contributed by atoms with Gasteiger partial charge in [0.25, 0.3) is 0 Å². The molecule has 0 fully saturated rings. The zero-order valence-corrected chi connectivity index (χ0v) is 11.0. The number of hydrogen-bond donors (Lipinski definition) is 0. The quantitative estimate of drug-likeness (QED) is 0.783. The van der Waals surface area contributed by atoms with E-state index >= 15 is 0 Å². The van der Waals surface area contributed by atoms with Gasteiger partial charge in [-0.2, -0.15) is 0 Å². The average Bonchev–Trinajstić information content (AvgIpc) is 2.73. The summed E-state index contributed by atoms with van der Waals surface area (Å²) in [6, 6.07) is 10.7. The topological polar surface area (TPSA) is 6.48 Å². The van der Waals surface area contributed by atoms with Crippen LogP contribution in [0.5, 0.6) is 0 Å². The fraction of sp³-hybridized carbons (Fsp3) is 0.467. The van der Waals surface area contributed by atoms with Crippen LogP contribution in [0.25, 0.3) is 0 Å². The van der Waals surface area contributed by atoms with Gasteiger partial charge in [-0.1, -0.05) is 44.2 Å². The van der Waals surface area contributed by atoms with Gasteiger partial charge in [-0.05, 0) is 18.4 Å². The van der Waals surface area contributed by atoms with Gasteiger partial charge in [-0.15, -0.1) is 0 Å². The van der Waals surface area contributed by atoms with Gasteiger partial charge in [-0.3, -0.25) is 0 Å². The molecule has 1 aliphatic rings. The van der Waals surface area contributed by atoms with E-state index in [0.29, 0.717) is 12.1 Å². The highest BCUT2D eigenvalue weighted by molar-refractivity contribution is 5.16. The Hall–Kier alpha value is -1.44. The van der Waals surface area contributed by atoms with Crippen LogP contribution in [0.2, 0.25) is 0 Å². The second kappa shape index (κ2) is 5.26. The summed E-state index contributed by atoms with van der Waals surface area (Å²) in [4.78, 5) is 4.84. The second-order valence-corrected chi connectivity index (χ2v) is 4.94. The molecular weight excluding hydrogens is 208 g/mol. The van der Waals surface area contributed by atoms with E-state index in [-0.39, 0.29) is 0 Å². The second-order valence-electron chi connectivity index (χ2n) is 4.94. The van der Waals surface area contributed by atoms with Crippen LogP contribution >= 0.6 is 0 Å². The Bertz CT molecular complexity index is 370. The maximum atomic E-state index is 2.43. The minimum absolute atomic E-state index is 0.500. The molecule has 1 heterocycles. The van der Waals surface area contributed by atoms with E-state index in [4.69, 9.17) is 0 Å². The van der Waals surface area contributed by atoms with E-state index in [9.17, 15) is 0 Å². The van der Waals surface area contributed by atoms with Crippen molar-refractivity contribution < 1.29 is 0 Å². The molecule has 0 aromatic heterocycles. The van der Waals surface area contributed by atoms with E-state index in [2.05, 4.69) is 73.3 Å². The van der Waals surface area contributed by atoms with Gasteiger partial charge >= 0.3 is 0 Å². The van der Waals surface area contributed by atoms with Gasteiger partial charge in [-0.25, -0.2) is 0 Å². The Morgan fingerprint density at radius 2 is 1.71 bits per heavy atom. The molecule has 1 unspecified atom stereocenters. The van der Waals surface area contributed by atoms with Crippen LogP contribution in [-0.2, 0) is 6.54 Å². The monoisotopic (exact) mass is 230 g/mol. The van der Waals surface area contributed by atoms with Crippen molar-refractivity contribution in [1.29, 1.82) is 0 Å². The molecule has 2 nitrogen and oxygen atoms in total. The molecule has 2 heteroatoms. The van der Waals surface area contributed by atoms with Crippen LogP contribution in [0, 0.1) is 5.92 Å². The summed E-state index contributed by atoms with van der Waals surface area (Å²) in [5.41, 5.74) is 1.38. The lowest BCUT2D eigenvalue weighted by molar-refractivity contribution is 0.106. The van der Waals surface area contributed by atoms with Crippen molar-refractivity contribution in [3.05, 3.63) is 48.3 Å². The fourth-order valence-corrected chi connectivity index (χ4v) is 2.54. The van der Waals surface area contributed by atoms with Crippen LogP contribution in [0.3, 0.4) is 0 Å². The Kier molecular flexibility index (Phi) is 3.72. The first-order chi connectivity index (χ1) is 8.22. The molecule has 17 heavy (non-hydrogen) atoms. The molecule has 1 atom stereocenters. The predicted octanol–water partition coefficient (Wildman–Crippen LogP) is 3.28. The lowest BCUT2D eigenvalue weighted by Gasteiger charge is -2.35. The standard InChI is InChI=1S/C15H22N2/c1-4-16-10-11-17(15(16)13(2)3)12-14-8-6-5-7-9-14/h5-11,13,15H,4,12H2,1-3H3. The Balaban J connectivity index is 2.08. The Labute approximate surface area is 105 Å². The summed E-state index contributed by atoms with van der Waals surface area (Å²) in [6.45, 7) is 8.86. The van der Waals surface area contributed by atoms with Crippen molar-refractivity contribution in [2.45, 2.75) is 33.5 Å². The van der Waals surface area contributed by atoms with Crippen LogP contribution in [-0.4, -0.2) is 22.5 Å². The average molecular weight is 230 g/mol. The van der Waals surface area contributed by atoms with Gasteiger partial charge in [0, 0.05) is 25.5 Å². The summed E-state index contributed by atoms with van der Waals surface area (Å²) in [5.74, 6) is 0.633. The molecule has 0 amide bonds. The van der Waals surface area contributed by atoms with E-state index in [1.807, 2.05) is 0 Å². The minimum Gasteiger partial charge on any atom is -0.356 e. The SMILES string of the molecule is CCN1C=CN(Cc2ccccc2)C1C(C)C. The molecule has 0 spiro atoms. The summed E-state index contributed by atoms with van der Waals surface area (Å²) in [7, 11) is 0. The predicted molar refractivity (Wildman–Crippen MR) is 72.1 cm³/mol. The summed E-state index contributed by atoms with van der Waals surface area (Å²) < 4.78 is 0. The highest BCUT2D eigenvalue weighted by Gasteiger charge is 2.27. The molecule has 0 N–H and O–H groups in total. The van der Waals surface area contributed by atoms with Crippen molar-refractivity contribution in [3.63, 3.8) is 0 Å². The van der Waals surface area contributed by atoms with Gasteiger partial charge in [0.2, 0.25) is 0 Å². The highest BCUT2D eigenvalue weighted by atomic mass is 15.4. The molecule has 1 aromatic rings. The van der Waals surface area contributed by atoms with Crippen molar-refractivity contribution in [2.75, 3.05) is 6.54 Å². The van der Waals surface area contributed by atoms with E-state index < -0.39 is 0 Å². The van der Waals surface area contributed by atoms with E-state index in [0.717, 1.165) is 13.1 Å². The Morgan fingerprint density at radius 1 is 1.06 bits per heavy atom. The third kappa shape index (κ3) is 2.63. The van der Waals surface area contributed by atoms with Crippen molar-refractivity contribution in [1.82, 2.24) is 9.80 Å². The first kappa shape index (κ1) is 12.0. The highest BCUT2D eigenvalue weighted by Crippen LogP contribution is 2.24. The molecule has 0 bridgehead atoms. The smallest absolute Gasteiger partial charge is 0.103 e. The molecule has 0 aliphatic carbocycles. The molecule has 2 rings (SSSR count). The lowest BCUT2D eigenvalue weighted by atomic mass is 10.1. The van der Waals surface area contributed by atoms with Crippen LogP contribution in [0.15, 0.2) is 42.7 Å². The molecule has 0 radical (unpaired) electrons. The number of nitrogens with zero attached hydrogens (tertiary/aromatic N) is 2. The van der Waals surface area contributed by atoms with Crippen molar-refractivity contribution in [2.24, 2.45) is 5.92 Å². The number of benzene rings is 1. The zero-order chi connectivity index (χ0) is 12.3. The first-order valence-corrected chi connectivity index (χ1v) is 6.46. The molecule has 92 valence electrons. The van der Waals surface area contributed by atoms with Crippen molar-refractivity contribution >= 4 is 0 Å². The van der Waals surface area contributed by atoms with Crippen molar-refractivity contribution in [3.8, 4) is 0 Å². The Morgan fingerprint density at radius 3 is 2.29 bits per heavy atom. The van der Waals surface area contributed by atoms with E-state index in [1.165, 1.54) is 5.56 Å². The third-order valence-electron chi connectivity index (χ3n) is 3.30. The normalized spacial score (nSPS) is 19.4. The minimum atomic E-state index is 0.500.